The topological polar surface area (TPSA) is 46.5 Å². The van der Waals surface area contributed by atoms with Crippen molar-refractivity contribution in [2.75, 3.05) is 0 Å². The van der Waals surface area contributed by atoms with Gasteiger partial charge in [-0.15, -0.1) is 0 Å². The summed E-state index contributed by atoms with van der Waals surface area (Å²) in [5.74, 6) is 1.82. The minimum atomic E-state index is 0.632. The molecule has 0 aliphatic carbocycles. The molecule has 0 aliphatic rings. The molecule has 0 spiro atoms. The van der Waals surface area contributed by atoms with E-state index in [-0.39, 0.29) is 0 Å². The average molecular weight is 385 g/mol. The van der Waals surface area contributed by atoms with Gasteiger partial charge < -0.3 is 9.55 Å². The van der Waals surface area contributed by atoms with Crippen molar-refractivity contribution in [3.05, 3.63) is 81.1 Å². The standard InChI is InChI=1S/C20H18Cl2N4/c1-12-3-4-14(17(22)7-12)8-16-10-26(13(2)23-16)11-20-24-18-6-5-15(21)9-19(18)25-20/h3-7,9-10H,8,11H2,1-2H3,(H,24,25). The van der Waals surface area contributed by atoms with Crippen LogP contribution in [0.5, 0.6) is 0 Å². The smallest absolute Gasteiger partial charge is 0.127 e. The third kappa shape index (κ3) is 3.48. The summed E-state index contributed by atoms with van der Waals surface area (Å²) in [5.41, 5.74) is 5.09. The maximum absolute atomic E-state index is 6.35. The van der Waals surface area contributed by atoms with Crippen LogP contribution in [0.15, 0.2) is 42.6 Å². The first-order valence-corrected chi connectivity index (χ1v) is 9.15. The zero-order chi connectivity index (χ0) is 18.3. The molecule has 132 valence electrons. The van der Waals surface area contributed by atoms with Gasteiger partial charge in [0.2, 0.25) is 0 Å². The third-order valence-electron chi connectivity index (χ3n) is 4.42. The Morgan fingerprint density at radius 3 is 2.69 bits per heavy atom. The number of nitrogens with zero attached hydrogens (tertiary/aromatic N) is 3. The van der Waals surface area contributed by atoms with Crippen LogP contribution >= 0.6 is 23.2 Å². The SMILES string of the molecule is Cc1ccc(Cc2cn(Cc3nc4ccc(Cl)cc4[nH]3)c(C)n2)c(Cl)c1. The van der Waals surface area contributed by atoms with Crippen molar-refractivity contribution < 1.29 is 0 Å². The number of halogens is 2. The number of benzene rings is 2. The van der Waals surface area contributed by atoms with Gasteiger partial charge in [0.15, 0.2) is 0 Å². The van der Waals surface area contributed by atoms with Gasteiger partial charge in [-0.3, -0.25) is 0 Å². The summed E-state index contributed by atoms with van der Waals surface area (Å²) in [6.07, 6.45) is 2.77. The summed E-state index contributed by atoms with van der Waals surface area (Å²) < 4.78 is 2.09. The number of H-pyrrole nitrogens is 1. The minimum Gasteiger partial charge on any atom is -0.340 e. The number of aromatic nitrogens is 4. The van der Waals surface area contributed by atoms with Gasteiger partial charge in [0.25, 0.3) is 0 Å². The van der Waals surface area contributed by atoms with Gasteiger partial charge in [-0.1, -0.05) is 35.3 Å². The van der Waals surface area contributed by atoms with Crippen molar-refractivity contribution in [1.29, 1.82) is 0 Å². The number of hydrogen-bond acceptors (Lipinski definition) is 2. The van der Waals surface area contributed by atoms with Crippen molar-refractivity contribution in [3.8, 4) is 0 Å². The Labute approximate surface area is 161 Å². The van der Waals surface area contributed by atoms with E-state index in [1.54, 1.807) is 0 Å². The van der Waals surface area contributed by atoms with E-state index in [4.69, 9.17) is 23.2 Å². The van der Waals surface area contributed by atoms with E-state index in [1.807, 2.05) is 38.1 Å². The number of imidazole rings is 2. The molecule has 0 saturated heterocycles. The molecule has 4 rings (SSSR count). The van der Waals surface area contributed by atoms with E-state index in [0.29, 0.717) is 18.0 Å². The maximum Gasteiger partial charge on any atom is 0.127 e. The second-order valence-corrected chi connectivity index (χ2v) is 7.37. The Morgan fingerprint density at radius 2 is 1.88 bits per heavy atom. The second kappa shape index (κ2) is 6.78. The molecule has 2 aromatic heterocycles. The molecular formula is C20H18Cl2N4. The van der Waals surface area contributed by atoms with Crippen molar-refractivity contribution in [2.45, 2.75) is 26.8 Å². The van der Waals surface area contributed by atoms with Gasteiger partial charge in [0.05, 0.1) is 23.3 Å². The zero-order valence-electron chi connectivity index (χ0n) is 14.6. The highest BCUT2D eigenvalue weighted by Crippen LogP contribution is 2.21. The molecule has 1 N–H and O–H groups in total. The van der Waals surface area contributed by atoms with E-state index < -0.39 is 0 Å². The van der Waals surface area contributed by atoms with E-state index >= 15 is 0 Å². The highest BCUT2D eigenvalue weighted by molar-refractivity contribution is 6.31. The highest BCUT2D eigenvalue weighted by Gasteiger charge is 2.10. The molecule has 0 fully saturated rings. The Kier molecular flexibility index (Phi) is 4.47. The first kappa shape index (κ1) is 17.1. The largest absolute Gasteiger partial charge is 0.340 e. The Hall–Kier alpha value is -2.30. The lowest BCUT2D eigenvalue weighted by Gasteiger charge is -2.03. The summed E-state index contributed by atoms with van der Waals surface area (Å²) in [5, 5.41) is 1.48. The van der Waals surface area contributed by atoms with Gasteiger partial charge in [0.1, 0.15) is 11.6 Å². The molecule has 0 amide bonds. The molecule has 2 heterocycles. The molecule has 26 heavy (non-hydrogen) atoms. The van der Waals surface area contributed by atoms with Crippen LogP contribution in [0.3, 0.4) is 0 Å². The lowest BCUT2D eigenvalue weighted by molar-refractivity contribution is 0.729. The van der Waals surface area contributed by atoms with E-state index in [9.17, 15) is 0 Å². The van der Waals surface area contributed by atoms with Crippen LogP contribution in [0.25, 0.3) is 11.0 Å². The van der Waals surface area contributed by atoms with Crippen LogP contribution in [-0.4, -0.2) is 19.5 Å². The average Bonchev–Trinajstić information content (AvgIpc) is 3.13. The molecule has 0 atom stereocenters. The number of nitrogens with one attached hydrogen (secondary N) is 1. The highest BCUT2D eigenvalue weighted by atomic mass is 35.5. The molecule has 0 saturated carbocycles. The summed E-state index contributed by atoms with van der Waals surface area (Å²) in [4.78, 5) is 12.6. The van der Waals surface area contributed by atoms with Gasteiger partial charge >= 0.3 is 0 Å². The van der Waals surface area contributed by atoms with Crippen LogP contribution in [0.2, 0.25) is 10.0 Å². The Balaban J connectivity index is 1.57. The lowest BCUT2D eigenvalue weighted by atomic mass is 10.1. The minimum absolute atomic E-state index is 0.632. The number of aromatic amines is 1. The maximum atomic E-state index is 6.35. The van der Waals surface area contributed by atoms with Gasteiger partial charge in [-0.25, -0.2) is 9.97 Å². The number of aryl methyl sites for hydroxylation is 2. The molecule has 4 aromatic rings. The van der Waals surface area contributed by atoms with Crippen molar-refractivity contribution >= 4 is 34.2 Å². The second-order valence-electron chi connectivity index (χ2n) is 6.52. The van der Waals surface area contributed by atoms with E-state index in [1.165, 1.54) is 0 Å². The fraction of sp³-hybridized carbons (Fsp3) is 0.200. The van der Waals surface area contributed by atoms with Crippen LogP contribution in [-0.2, 0) is 13.0 Å². The molecule has 2 aromatic carbocycles. The van der Waals surface area contributed by atoms with Gasteiger partial charge in [-0.05, 0) is 49.2 Å². The Morgan fingerprint density at radius 1 is 1.04 bits per heavy atom. The van der Waals surface area contributed by atoms with Crippen LogP contribution in [0.4, 0.5) is 0 Å². The predicted octanol–water partition coefficient (Wildman–Crippen LogP) is 5.32. The lowest BCUT2D eigenvalue weighted by Crippen LogP contribution is -2.02. The van der Waals surface area contributed by atoms with Gasteiger partial charge in [0, 0.05) is 22.7 Å². The number of fused-ring (bicyclic) bond motifs is 1. The zero-order valence-corrected chi connectivity index (χ0v) is 16.1. The fourth-order valence-electron chi connectivity index (χ4n) is 3.08. The molecule has 0 bridgehead atoms. The summed E-state index contributed by atoms with van der Waals surface area (Å²) in [6.45, 7) is 4.67. The molecule has 0 radical (unpaired) electrons. The van der Waals surface area contributed by atoms with Crippen LogP contribution in [0.1, 0.15) is 28.5 Å². The third-order valence-corrected chi connectivity index (χ3v) is 5.01. The quantitative estimate of drug-likeness (QED) is 0.517. The summed E-state index contributed by atoms with van der Waals surface area (Å²) in [6, 6.07) is 11.8. The van der Waals surface area contributed by atoms with Crippen LogP contribution in [0, 0.1) is 13.8 Å². The number of rotatable bonds is 4. The van der Waals surface area contributed by atoms with E-state index in [2.05, 4.69) is 37.8 Å². The van der Waals surface area contributed by atoms with Crippen molar-refractivity contribution in [1.82, 2.24) is 19.5 Å². The predicted molar refractivity (Wildman–Crippen MR) is 106 cm³/mol. The van der Waals surface area contributed by atoms with Crippen molar-refractivity contribution in [3.63, 3.8) is 0 Å². The fourth-order valence-corrected chi connectivity index (χ4v) is 3.56. The number of hydrogen-bond donors (Lipinski definition) is 1. The molecule has 4 nitrogen and oxygen atoms in total. The molecule has 6 heteroatoms. The first-order valence-electron chi connectivity index (χ1n) is 8.40. The van der Waals surface area contributed by atoms with Crippen molar-refractivity contribution in [2.24, 2.45) is 0 Å². The van der Waals surface area contributed by atoms with Gasteiger partial charge in [-0.2, -0.15) is 0 Å². The first-order chi connectivity index (χ1) is 12.5. The van der Waals surface area contributed by atoms with Crippen LogP contribution < -0.4 is 0 Å². The Bertz CT molecular complexity index is 1090. The molecule has 0 unspecified atom stereocenters. The molecule has 0 aliphatic heterocycles. The normalized spacial score (nSPS) is 11.4. The summed E-state index contributed by atoms with van der Waals surface area (Å²) >= 11 is 12.4. The van der Waals surface area contributed by atoms with E-state index in [0.717, 1.165) is 44.5 Å². The summed E-state index contributed by atoms with van der Waals surface area (Å²) in [7, 11) is 0. The molecular weight excluding hydrogens is 367 g/mol. The monoisotopic (exact) mass is 384 g/mol.